The largest absolute Gasteiger partial charge is 0.497 e. The molecule has 0 aliphatic rings. The maximum Gasteiger partial charge on any atom is 0.307 e. The van der Waals surface area contributed by atoms with Crippen molar-refractivity contribution in [2.75, 3.05) is 28.4 Å². The number of aromatic nitrogens is 2. The van der Waals surface area contributed by atoms with E-state index in [2.05, 4.69) is 15.5 Å². The third-order valence-corrected chi connectivity index (χ3v) is 5.35. The molecule has 0 spiro atoms. The summed E-state index contributed by atoms with van der Waals surface area (Å²) in [6.07, 6.45) is 1.12. The second kappa shape index (κ2) is 12.4. The number of aryl methyl sites for hydroxylation is 1. The lowest BCUT2D eigenvalue weighted by atomic mass is 10.0. The molecule has 10 nitrogen and oxygen atoms in total. The molecule has 0 saturated carbocycles. The Balaban J connectivity index is 1.58. The van der Waals surface area contributed by atoms with Crippen molar-refractivity contribution in [3.63, 3.8) is 0 Å². The van der Waals surface area contributed by atoms with Crippen LogP contribution in [-0.2, 0) is 20.7 Å². The number of carbonyl (C=O) groups excluding carboxylic acids is 2. The van der Waals surface area contributed by atoms with Crippen LogP contribution in [0.3, 0.4) is 0 Å². The molecule has 1 amide bonds. The zero-order valence-corrected chi connectivity index (χ0v) is 20.2. The second-order valence-corrected chi connectivity index (χ2v) is 7.61. The average molecular weight is 484 g/mol. The van der Waals surface area contributed by atoms with E-state index in [1.165, 1.54) is 21.3 Å². The van der Waals surface area contributed by atoms with E-state index in [9.17, 15) is 9.59 Å². The van der Waals surface area contributed by atoms with Crippen molar-refractivity contribution in [1.29, 1.82) is 0 Å². The van der Waals surface area contributed by atoms with Crippen molar-refractivity contribution in [2.24, 2.45) is 0 Å². The van der Waals surface area contributed by atoms with Gasteiger partial charge < -0.3 is 28.8 Å². The first-order chi connectivity index (χ1) is 17.0. The van der Waals surface area contributed by atoms with Gasteiger partial charge in [0.15, 0.2) is 11.5 Å². The van der Waals surface area contributed by atoms with Crippen LogP contribution in [0.2, 0.25) is 0 Å². The normalized spacial score (nSPS) is 11.4. The molecule has 1 unspecified atom stereocenters. The number of benzene rings is 2. The highest BCUT2D eigenvalue weighted by atomic mass is 16.5. The van der Waals surface area contributed by atoms with Gasteiger partial charge in [-0.1, -0.05) is 11.2 Å². The minimum absolute atomic E-state index is 0.0212. The van der Waals surface area contributed by atoms with Crippen LogP contribution in [0.4, 0.5) is 0 Å². The molecular weight excluding hydrogens is 454 g/mol. The fourth-order valence-corrected chi connectivity index (χ4v) is 3.45. The molecule has 1 aromatic heterocycles. The zero-order valence-electron chi connectivity index (χ0n) is 20.2. The van der Waals surface area contributed by atoms with Gasteiger partial charge in [-0.2, -0.15) is 4.98 Å². The van der Waals surface area contributed by atoms with E-state index < -0.39 is 12.0 Å². The van der Waals surface area contributed by atoms with Gasteiger partial charge in [-0.15, -0.1) is 0 Å². The molecule has 1 N–H and O–H groups in total. The summed E-state index contributed by atoms with van der Waals surface area (Å²) in [6.45, 7) is 0. The fourth-order valence-electron chi connectivity index (χ4n) is 3.45. The standard InChI is InChI=1S/C25H29N3O7/c1-31-18-11-8-16(9-12-18)25-27-23(35-28-25)7-5-6-22(29)26-19(15-24(30)34-4)17-10-13-20(32-2)21(14-17)33-3/h8-14,19H,5-7,15H2,1-4H3,(H,26,29). The van der Waals surface area contributed by atoms with E-state index in [0.717, 1.165) is 11.3 Å². The molecule has 35 heavy (non-hydrogen) atoms. The number of ether oxygens (including phenoxy) is 4. The molecular formula is C25H29N3O7. The number of rotatable bonds is 12. The number of amides is 1. The Morgan fingerprint density at radius 1 is 0.971 bits per heavy atom. The summed E-state index contributed by atoms with van der Waals surface area (Å²) in [7, 11) is 5.96. The van der Waals surface area contributed by atoms with Crippen LogP contribution in [-0.4, -0.2) is 50.5 Å². The van der Waals surface area contributed by atoms with Gasteiger partial charge in [0.05, 0.1) is 40.9 Å². The van der Waals surface area contributed by atoms with Gasteiger partial charge in [-0.25, -0.2) is 0 Å². The molecule has 0 radical (unpaired) electrons. The Kier molecular flexibility index (Phi) is 9.05. The Morgan fingerprint density at radius 3 is 2.37 bits per heavy atom. The molecule has 1 atom stereocenters. The summed E-state index contributed by atoms with van der Waals surface area (Å²) in [4.78, 5) is 29.0. The summed E-state index contributed by atoms with van der Waals surface area (Å²) >= 11 is 0. The van der Waals surface area contributed by atoms with Crippen LogP contribution in [0.15, 0.2) is 47.0 Å². The number of esters is 1. The predicted molar refractivity (Wildman–Crippen MR) is 126 cm³/mol. The van der Waals surface area contributed by atoms with Crippen molar-refractivity contribution in [1.82, 2.24) is 15.5 Å². The minimum atomic E-state index is -0.583. The van der Waals surface area contributed by atoms with Gasteiger partial charge in [0, 0.05) is 18.4 Å². The van der Waals surface area contributed by atoms with Gasteiger partial charge in [0.2, 0.25) is 17.6 Å². The molecule has 186 valence electrons. The first-order valence-corrected chi connectivity index (χ1v) is 11.0. The van der Waals surface area contributed by atoms with Crippen molar-refractivity contribution >= 4 is 11.9 Å². The molecule has 0 bridgehead atoms. The Bertz CT molecular complexity index is 1130. The number of carbonyl (C=O) groups is 2. The summed E-state index contributed by atoms with van der Waals surface area (Å²) < 4.78 is 25.9. The molecule has 3 rings (SSSR count). The fraction of sp³-hybridized carbons (Fsp3) is 0.360. The smallest absolute Gasteiger partial charge is 0.307 e. The van der Waals surface area contributed by atoms with E-state index >= 15 is 0 Å². The Labute approximate surface area is 203 Å². The summed E-state index contributed by atoms with van der Waals surface area (Å²) in [6, 6.07) is 12.0. The number of methoxy groups -OCH3 is 4. The van der Waals surface area contributed by atoms with Gasteiger partial charge in [0.25, 0.3) is 0 Å². The maximum atomic E-state index is 12.7. The number of nitrogens with zero attached hydrogens (tertiary/aromatic N) is 2. The van der Waals surface area contributed by atoms with Gasteiger partial charge >= 0.3 is 5.97 Å². The average Bonchev–Trinajstić information content (AvgIpc) is 3.36. The van der Waals surface area contributed by atoms with Crippen molar-refractivity contribution < 1.29 is 33.1 Å². The van der Waals surface area contributed by atoms with Crippen LogP contribution in [0.25, 0.3) is 11.4 Å². The highest BCUT2D eigenvalue weighted by molar-refractivity contribution is 5.78. The SMILES string of the molecule is COC(=O)CC(NC(=O)CCCc1nc(-c2ccc(OC)cc2)no1)c1ccc(OC)c(OC)c1. The van der Waals surface area contributed by atoms with Gasteiger partial charge in [0.1, 0.15) is 5.75 Å². The zero-order chi connectivity index (χ0) is 25.2. The van der Waals surface area contributed by atoms with Crippen LogP contribution < -0.4 is 19.5 Å². The van der Waals surface area contributed by atoms with Crippen molar-refractivity contribution in [2.45, 2.75) is 31.7 Å². The second-order valence-electron chi connectivity index (χ2n) is 7.61. The highest BCUT2D eigenvalue weighted by Gasteiger charge is 2.21. The number of hydrogen-bond donors (Lipinski definition) is 1. The van der Waals surface area contributed by atoms with Gasteiger partial charge in [-0.3, -0.25) is 9.59 Å². The summed E-state index contributed by atoms with van der Waals surface area (Å²) in [5, 5.41) is 6.90. The monoisotopic (exact) mass is 483 g/mol. The molecule has 0 aliphatic carbocycles. The topological polar surface area (TPSA) is 122 Å². The third-order valence-electron chi connectivity index (χ3n) is 5.35. The van der Waals surface area contributed by atoms with E-state index in [0.29, 0.717) is 41.6 Å². The van der Waals surface area contributed by atoms with Crippen LogP contribution in [0.1, 0.15) is 36.8 Å². The molecule has 10 heteroatoms. The van der Waals surface area contributed by atoms with Crippen LogP contribution in [0.5, 0.6) is 17.2 Å². The highest BCUT2D eigenvalue weighted by Crippen LogP contribution is 2.31. The Morgan fingerprint density at radius 2 is 1.71 bits per heavy atom. The molecule has 0 fully saturated rings. The van der Waals surface area contributed by atoms with Crippen LogP contribution >= 0.6 is 0 Å². The molecule has 3 aromatic rings. The minimum Gasteiger partial charge on any atom is -0.497 e. The van der Waals surface area contributed by atoms with E-state index in [-0.39, 0.29) is 18.7 Å². The first kappa shape index (κ1) is 25.5. The Hall–Kier alpha value is -4.08. The lowest BCUT2D eigenvalue weighted by Crippen LogP contribution is -2.30. The summed E-state index contributed by atoms with van der Waals surface area (Å²) in [5.74, 6) is 2.03. The molecule has 2 aromatic carbocycles. The van der Waals surface area contributed by atoms with E-state index in [1.807, 2.05) is 24.3 Å². The van der Waals surface area contributed by atoms with Crippen LogP contribution in [0, 0.1) is 0 Å². The number of hydrogen-bond acceptors (Lipinski definition) is 9. The van der Waals surface area contributed by atoms with Crippen molar-refractivity contribution in [3.8, 4) is 28.6 Å². The van der Waals surface area contributed by atoms with E-state index in [4.69, 9.17) is 23.5 Å². The molecule has 1 heterocycles. The predicted octanol–water partition coefficient (Wildman–Crippen LogP) is 3.51. The van der Waals surface area contributed by atoms with E-state index in [1.54, 1.807) is 25.3 Å². The lowest BCUT2D eigenvalue weighted by Gasteiger charge is -2.19. The number of nitrogens with one attached hydrogen (secondary N) is 1. The first-order valence-electron chi connectivity index (χ1n) is 11.0. The third kappa shape index (κ3) is 6.95. The quantitative estimate of drug-likeness (QED) is 0.386. The lowest BCUT2D eigenvalue weighted by molar-refractivity contribution is -0.141. The van der Waals surface area contributed by atoms with Gasteiger partial charge in [-0.05, 0) is 48.4 Å². The molecule has 0 saturated heterocycles. The maximum absolute atomic E-state index is 12.7. The molecule has 0 aliphatic heterocycles. The summed E-state index contributed by atoms with van der Waals surface area (Å²) in [5.41, 5.74) is 1.50. The van der Waals surface area contributed by atoms with Crippen molar-refractivity contribution in [3.05, 3.63) is 53.9 Å².